The maximum atomic E-state index is 12.1. The fourth-order valence-corrected chi connectivity index (χ4v) is 2.18. The van der Waals surface area contributed by atoms with Gasteiger partial charge in [0.25, 0.3) is 0 Å². The molecule has 0 aliphatic carbocycles. The predicted molar refractivity (Wildman–Crippen MR) is 60.8 cm³/mol. The van der Waals surface area contributed by atoms with Gasteiger partial charge < -0.3 is 9.47 Å². The van der Waals surface area contributed by atoms with Gasteiger partial charge in [-0.25, -0.2) is 8.42 Å². The van der Waals surface area contributed by atoms with Crippen molar-refractivity contribution in [1.29, 1.82) is 0 Å². The minimum atomic E-state index is -4.83. The monoisotopic (exact) mass is 300 g/mol. The van der Waals surface area contributed by atoms with Gasteiger partial charge in [0, 0.05) is 6.07 Å². The van der Waals surface area contributed by atoms with E-state index in [1.807, 2.05) is 0 Å². The quantitative estimate of drug-likeness (QED) is 0.889. The molecular formula is C9H11F3N2O4S. The Hall–Kier alpha value is -1.71. The lowest BCUT2D eigenvalue weighted by Crippen LogP contribution is -2.28. The summed E-state index contributed by atoms with van der Waals surface area (Å²) >= 11 is 0. The van der Waals surface area contributed by atoms with E-state index in [2.05, 4.69) is 4.98 Å². The summed E-state index contributed by atoms with van der Waals surface area (Å²) in [6.45, 7) is 0. The second kappa shape index (κ2) is 5.51. The van der Waals surface area contributed by atoms with Crippen molar-refractivity contribution in [1.82, 2.24) is 4.98 Å². The van der Waals surface area contributed by atoms with Gasteiger partial charge in [-0.15, -0.1) is 0 Å². The van der Waals surface area contributed by atoms with Crippen LogP contribution in [0.4, 0.5) is 18.9 Å². The van der Waals surface area contributed by atoms with E-state index in [4.69, 9.17) is 9.47 Å². The number of nitrogens with zero attached hydrogens (tertiary/aromatic N) is 1. The Labute approximate surface area is 107 Å². The second-order valence-corrected chi connectivity index (χ2v) is 5.11. The molecule has 1 aromatic heterocycles. The average molecular weight is 300 g/mol. The third-order valence-electron chi connectivity index (χ3n) is 1.86. The Morgan fingerprint density at radius 2 is 1.89 bits per heavy atom. The van der Waals surface area contributed by atoms with E-state index < -0.39 is 22.0 Å². The molecule has 0 unspecified atom stereocenters. The standard InChI is InChI=1S/C9H11F3N2O4S/c1-17-7-4-3-6(8(13-7)18-2)14-19(15,16)5-9(10,11)12/h3-4,14H,5H2,1-2H3. The maximum Gasteiger partial charge on any atom is 0.404 e. The fourth-order valence-electron chi connectivity index (χ4n) is 1.19. The molecule has 0 radical (unpaired) electrons. The number of aromatic nitrogens is 1. The molecule has 1 heterocycles. The summed E-state index contributed by atoms with van der Waals surface area (Å²) in [5, 5.41) is 0. The van der Waals surface area contributed by atoms with Crippen LogP contribution in [0, 0.1) is 0 Å². The number of alkyl halides is 3. The molecule has 0 amide bonds. The number of hydrogen-bond donors (Lipinski definition) is 1. The first-order valence-corrected chi connectivity index (χ1v) is 6.48. The van der Waals surface area contributed by atoms with Gasteiger partial charge in [-0.3, -0.25) is 4.72 Å². The average Bonchev–Trinajstić information content (AvgIpc) is 2.25. The van der Waals surface area contributed by atoms with Crippen LogP contribution in [-0.2, 0) is 10.0 Å². The first-order chi connectivity index (χ1) is 8.67. The molecular weight excluding hydrogens is 289 g/mol. The third kappa shape index (κ3) is 4.81. The van der Waals surface area contributed by atoms with E-state index in [1.165, 1.54) is 26.4 Å². The van der Waals surface area contributed by atoms with Crippen LogP contribution >= 0.6 is 0 Å². The molecule has 108 valence electrons. The number of rotatable bonds is 5. The molecule has 1 N–H and O–H groups in total. The van der Waals surface area contributed by atoms with Crippen LogP contribution in [0.1, 0.15) is 0 Å². The van der Waals surface area contributed by atoms with Crippen molar-refractivity contribution in [2.24, 2.45) is 0 Å². The maximum absolute atomic E-state index is 12.1. The van der Waals surface area contributed by atoms with Crippen molar-refractivity contribution in [2.45, 2.75) is 6.18 Å². The lowest BCUT2D eigenvalue weighted by Gasteiger charge is -2.12. The molecule has 0 fully saturated rings. The number of ether oxygens (including phenoxy) is 2. The third-order valence-corrected chi connectivity index (χ3v) is 3.09. The van der Waals surface area contributed by atoms with E-state index >= 15 is 0 Å². The number of nitrogens with one attached hydrogen (secondary N) is 1. The van der Waals surface area contributed by atoms with Gasteiger partial charge in [-0.1, -0.05) is 0 Å². The van der Waals surface area contributed by atoms with Crippen molar-refractivity contribution >= 4 is 15.7 Å². The Bertz CT molecular complexity index is 545. The molecule has 0 aliphatic rings. The zero-order chi connectivity index (χ0) is 14.7. The van der Waals surface area contributed by atoms with Crippen molar-refractivity contribution < 1.29 is 31.1 Å². The molecule has 6 nitrogen and oxygen atoms in total. The molecule has 0 bridgehead atoms. The molecule has 1 aromatic rings. The van der Waals surface area contributed by atoms with Crippen molar-refractivity contribution in [2.75, 3.05) is 24.7 Å². The highest BCUT2D eigenvalue weighted by atomic mass is 32.2. The van der Waals surface area contributed by atoms with Crippen LogP contribution in [0.2, 0.25) is 0 Å². The van der Waals surface area contributed by atoms with E-state index in [-0.39, 0.29) is 17.4 Å². The topological polar surface area (TPSA) is 77.5 Å². The van der Waals surface area contributed by atoms with E-state index in [9.17, 15) is 21.6 Å². The highest BCUT2D eigenvalue weighted by molar-refractivity contribution is 7.92. The number of halogens is 3. The van der Waals surface area contributed by atoms with Crippen LogP contribution in [0.25, 0.3) is 0 Å². The van der Waals surface area contributed by atoms with E-state index in [0.29, 0.717) is 0 Å². The van der Waals surface area contributed by atoms with Gasteiger partial charge in [0.2, 0.25) is 21.8 Å². The number of hydrogen-bond acceptors (Lipinski definition) is 5. The Morgan fingerprint density at radius 1 is 1.26 bits per heavy atom. The predicted octanol–water partition coefficient (Wildman–Crippen LogP) is 1.40. The minimum absolute atomic E-state index is 0.135. The molecule has 10 heteroatoms. The molecule has 19 heavy (non-hydrogen) atoms. The van der Waals surface area contributed by atoms with Crippen molar-refractivity contribution in [3.05, 3.63) is 12.1 Å². The lowest BCUT2D eigenvalue weighted by molar-refractivity contribution is -0.106. The number of pyridine rings is 1. The van der Waals surface area contributed by atoms with Gasteiger partial charge in [-0.05, 0) is 6.07 Å². The number of sulfonamides is 1. The summed E-state index contributed by atoms with van der Waals surface area (Å²) in [7, 11) is -2.05. The van der Waals surface area contributed by atoms with Crippen LogP contribution in [0.15, 0.2) is 12.1 Å². The molecule has 0 saturated heterocycles. The smallest absolute Gasteiger partial charge is 0.404 e. The summed E-state index contributed by atoms with van der Waals surface area (Å²) in [4.78, 5) is 3.74. The van der Waals surface area contributed by atoms with Crippen molar-refractivity contribution in [3.63, 3.8) is 0 Å². The van der Waals surface area contributed by atoms with Gasteiger partial charge in [0.15, 0.2) is 5.75 Å². The first kappa shape index (κ1) is 15.3. The summed E-state index contributed by atoms with van der Waals surface area (Å²) in [5.41, 5.74) is -0.201. The van der Waals surface area contributed by atoms with Crippen LogP contribution in [0.3, 0.4) is 0 Å². The number of anilines is 1. The van der Waals surface area contributed by atoms with Gasteiger partial charge in [0.05, 0.1) is 14.2 Å². The van der Waals surface area contributed by atoms with Gasteiger partial charge in [0.1, 0.15) is 5.69 Å². The van der Waals surface area contributed by atoms with Gasteiger partial charge >= 0.3 is 6.18 Å². The zero-order valence-corrected chi connectivity index (χ0v) is 10.8. The van der Waals surface area contributed by atoms with E-state index in [1.54, 1.807) is 4.72 Å². The first-order valence-electron chi connectivity index (χ1n) is 4.83. The molecule has 0 aliphatic heterocycles. The van der Waals surface area contributed by atoms with E-state index in [0.717, 1.165) is 0 Å². The summed E-state index contributed by atoms with van der Waals surface area (Å²) in [6.07, 6.45) is -4.83. The Kier molecular flexibility index (Phi) is 4.45. The molecule has 0 saturated carbocycles. The minimum Gasteiger partial charge on any atom is -0.481 e. The highest BCUT2D eigenvalue weighted by Gasteiger charge is 2.35. The normalized spacial score (nSPS) is 12.1. The van der Waals surface area contributed by atoms with Crippen molar-refractivity contribution in [3.8, 4) is 11.8 Å². The summed E-state index contributed by atoms with van der Waals surface area (Å²) in [6, 6.07) is 2.48. The Morgan fingerprint density at radius 3 is 2.37 bits per heavy atom. The molecule has 0 spiro atoms. The van der Waals surface area contributed by atoms with Crippen LogP contribution in [0.5, 0.6) is 11.8 Å². The molecule has 0 atom stereocenters. The zero-order valence-electron chi connectivity index (χ0n) is 9.98. The SMILES string of the molecule is COc1ccc(NS(=O)(=O)CC(F)(F)F)c(OC)n1. The lowest BCUT2D eigenvalue weighted by atomic mass is 10.4. The Balaban J connectivity index is 2.99. The van der Waals surface area contributed by atoms with Gasteiger partial charge in [-0.2, -0.15) is 18.2 Å². The molecule has 1 rings (SSSR count). The summed E-state index contributed by atoms with van der Waals surface area (Å²) in [5.74, 6) is -2.05. The van der Waals surface area contributed by atoms with Crippen LogP contribution in [-0.4, -0.2) is 39.6 Å². The molecule has 0 aromatic carbocycles. The second-order valence-electron chi connectivity index (χ2n) is 3.39. The highest BCUT2D eigenvalue weighted by Crippen LogP contribution is 2.27. The fraction of sp³-hybridized carbons (Fsp3) is 0.444. The largest absolute Gasteiger partial charge is 0.481 e. The van der Waals surface area contributed by atoms with Crippen LogP contribution < -0.4 is 14.2 Å². The summed E-state index contributed by atoms with van der Waals surface area (Å²) < 4.78 is 70.1. The number of methoxy groups -OCH3 is 2.